The summed E-state index contributed by atoms with van der Waals surface area (Å²) in [5.41, 5.74) is 14.6. The molecule has 0 saturated carbocycles. The Balaban J connectivity index is 1.59. The highest BCUT2D eigenvalue weighted by atomic mass is 16.5. The van der Waals surface area contributed by atoms with Gasteiger partial charge in [0.1, 0.15) is 5.82 Å². The Morgan fingerprint density at radius 1 is 1.24 bits per heavy atom. The largest absolute Gasteiger partial charge is 0.490 e. The summed E-state index contributed by atoms with van der Waals surface area (Å²) in [7, 11) is 0. The smallest absolute Gasteiger partial charge is 0.161 e. The van der Waals surface area contributed by atoms with E-state index in [1.165, 1.54) is 5.56 Å². The lowest BCUT2D eigenvalue weighted by molar-refractivity contribution is 0.148. The minimum atomic E-state index is -0.364. The van der Waals surface area contributed by atoms with E-state index in [9.17, 15) is 0 Å². The Hall–Kier alpha value is -2.05. The number of rotatable bonds is 7. The minimum absolute atomic E-state index is 0.125. The number of piperidine rings is 1. The van der Waals surface area contributed by atoms with Crippen LogP contribution < -0.4 is 20.9 Å². The molecule has 1 aromatic carbocycles. The minimum Gasteiger partial charge on any atom is -0.490 e. The summed E-state index contributed by atoms with van der Waals surface area (Å²) >= 11 is 0. The van der Waals surface area contributed by atoms with Crippen molar-refractivity contribution in [3.05, 3.63) is 35.2 Å². The molecule has 1 atom stereocenters. The van der Waals surface area contributed by atoms with Crippen LogP contribution >= 0.6 is 0 Å². The second kappa shape index (κ2) is 9.18. The van der Waals surface area contributed by atoms with E-state index in [0.29, 0.717) is 18.3 Å². The highest BCUT2D eigenvalue weighted by Crippen LogP contribution is 2.34. The van der Waals surface area contributed by atoms with Crippen molar-refractivity contribution in [2.24, 2.45) is 22.4 Å². The Labute approximate surface area is 174 Å². The lowest BCUT2D eigenvalue weighted by Gasteiger charge is -2.42. The molecule has 160 valence electrons. The molecule has 1 unspecified atom stereocenters. The van der Waals surface area contributed by atoms with Gasteiger partial charge in [0.25, 0.3) is 0 Å². The lowest BCUT2D eigenvalue weighted by atomic mass is 9.74. The molecular formula is C23H36N4O2. The van der Waals surface area contributed by atoms with Crippen LogP contribution in [0.3, 0.4) is 0 Å². The molecule has 3 rings (SSSR count). The first-order valence-corrected chi connectivity index (χ1v) is 10.7. The van der Waals surface area contributed by atoms with Crippen LogP contribution in [0.2, 0.25) is 0 Å². The third-order valence-corrected chi connectivity index (χ3v) is 5.88. The fourth-order valence-corrected chi connectivity index (χ4v) is 4.30. The van der Waals surface area contributed by atoms with Gasteiger partial charge in [-0.05, 0) is 89.2 Å². The van der Waals surface area contributed by atoms with Crippen LogP contribution in [0.5, 0.6) is 11.5 Å². The Kier molecular flexibility index (Phi) is 6.85. The average molecular weight is 401 g/mol. The highest BCUT2D eigenvalue weighted by molar-refractivity contribution is 5.74. The zero-order valence-corrected chi connectivity index (χ0v) is 18.3. The van der Waals surface area contributed by atoms with Crippen molar-refractivity contribution in [3.8, 4) is 11.5 Å². The Bertz CT molecular complexity index is 766. The molecule has 2 heterocycles. The zero-order valence-electron chi connectivity index (χ0n) is 18.3. The number of hydrogen-bond acceptors (Lipinski definition) is 6. The molecular weight excluding hydrogens is 364 g/mol. The second-order valence-corrected chi connectivity index (χ2v) is 8.64. The van der Waals surface area contributed by atoms with Gasteiger partial charge >= 0.3 is 0 Å². The molecule has 6 nitrogen and oxygen atoms in total. The fraction of sp³-hybridized carbons (Fsp3) is 0.609. The number of ether oxygens (including phenoxy) is 2. The molecule has 1 aromatic rings. The molecule has 0 aromatic heterocycles. The van der Waals surface area contributed by atoms with Gasteiger partial charge in [0.2, 0.25) is 0 Å². The Morgan fingerprint density at radius 2 is 1.97 bits per heavy atom. The quantitative estimate of drug-likeness (QED) is 0.732. The second-order valence-electron chi connectivity index (χ2n) is 8.64. The van der Waals surface area contributed by atoms with E-state index < -0.39 is 0 Å². The summed E-state index contributed by atoms with van der Waals surface area (Å²) in [5.74, 6) is 2.70. The van der Waals surface area contributed by atoms with Crippen molar-refractivity contribution < 1.29 is 9.47 Å². The van der Waals surface area contributed by atoms with E-state index >= 15 is 0 Å². The van der Waals surface area contributed by atoms with Crippen molar-refractivity contribution >= 4 is 6.21 Å². The lowest BCUT2D eigenvalue weighted by Crippen LogP contribution is -2.53. The van der Waals surface area contributed by atoms with E-state index in [1.807, 2.05) is 40.0 Å². The third-order valence-electron chi connectivity index (χ3n) is 5.88. The number of hydrogen-bond donors (Lipinski definition) is 2. The fourth-order valence-electron chi connectivity index (χ4n) is 4.30. The first-order valence-electron chi connectivity index (χ1n) is 10.7. The first kappa shape index (κ1) is 21.7. The summed E-state index contributed by atoms with van der Waals surface area (Å²) < 4.78 is 11.7. The van der Waals surface area contributed by atoms with Gasteiger partial charge < -0.3 is 20.9 Å². The van der Waals surface area contributed by atoms with Gasteiger partial charge in [-0.3, -0.25) is 4.90 Å². The van der Waals surface area contributed by atoms with Gasteiger partial charge in [-0.1, -0.05) is 6.07 Å². The maximum Gasteiger partial charge on any atom is 0.161 e. The predicted molar refractivity (Wildman–Crippen MR) is 118 cm³/mol. The SMILES string of the molecule is CCOc1cc(CN2CCC(C3(N)C=NC(N)=C(C)C3)CC2)ccc1OC(C)C. The number of benzene rings is 1. The summed E-state index contributed by atoms with van der Waals surface area (Å²) in [5, 5.41) is 0. The van der Waals surface area contributed by atoms with Gasteiger partial charge in [0.05, 0.1) is 18.2 Å². The molecule has 29 heavy (non-hydrogen) atoms. The normalized spacial score (nSPS) is 23.7. The van der Waals surface area contributed by atoms with E-state index in [4.69, 9.17) is 20.9 Å². The molecule has 2 aliphatic heterocycles. The Morgan fingerprint density at radius 3 is 2.59 bits per heavy atom. The van der Waals surface area contributed by atoms with Crippen LogP contribution in [0.15, 0.2) is 34.6 Å². The van der Waals surface area contributed by atoms with Gasteiger partial charge in [0.15, 0.2) is 11.5 Å². The van der Waals surface area contributed by atoms with Gasteiger partial charge in [-0.2, -0.15) is 0 Å². The van der Waals surface area contributed by atoms with Crippen molar-refractivity contribution in [1.29, 1.82) is 0 Å². The molecule has 1 saturated heterocycles. The maximum atomic E-state index is 6.71. The van der Waals surface area contributed by atoms with Crippen molar-refractivity contribution in [2.75, 3.05) is 19.7 Å². The van der Waals surface area contributed by atoms with Crippen LogP contribution in [0.4, 0.5) is 0 Å². The van der Waals surface area contributed by atoms with Gasteiger partial charge in [0, 0.05) is 12.8 Å². The number of nitrogens with zero attached hydrogens (tertiary/aromatic N) is 2. The predicted octanol–water partition coefficient (Wildman–Crippen LogP) is 3.45. The third kappa shape index (κ3) is 5.31. The summed E-state index contributed by atoms with van der Waals surface area (Å²) in [6.45, 7) is 11.7. The molecule has 6 heteroatoms. The van der Waals surface area contributed by atoms with Crippen molar-refractivity contribution in [1.82, 2.24) is 4.90 Å². The van der Waals surface area contributed by atoms with E-state index in [2.05, 4.69) is 22.0 Å². The number of nitrogens with two attached hydrogens (primary N) is 2. The van der Waals surface area contributed by atoms with Crippen molar-refractivity contribution in [2.45, 2.75) is 65.1 Å². The molecule has 0 radical (unpaired) electrons. The highest BCUT2D eigenvalue weighted by Gasteiger charge is 2.37. The molecule has 0 aliphatic carbocycles. The van der Waals surface area contributed by atoms with E-state index in [0.717, 1.165) is 56.0 Å². The standard InChI is InChI=1S/C23H36N4O2/c1-5-28-21-12-18(6-7-20(21)29-16(2)3)14-27-10-8-19(9-11-27)23(25)13-17(4)22(24)26-15-23/h6-7,12,15-16,19H,5,8-11,13-14,24-25H2,1-4H3. The van der Waals surface area contributed by atoms with Gasteiger partial charge in [-0.25, -0.2) is 4.99 Å². The molecule has 4 N–H and O–H groups in total. The maximum absolute atomic E-state index is 6.71. The topological polar surface area (TPSA) is 86.1 Å². The van der Waals surface area contributed by atoms with E-state index in [-0.39, 0.29) is 11.6 Å². The van der Waals surface area contributed by atoms with Crippen LogP contribution in [-0.4, -0.2) is 42.5 Å². The van der Waals surface area contributed by atoms with E-state index in [1.54, 1.807) is 0 Å². The molecule has 2 aliphatic rings. The zero-order chi connectivity index (χ0) is 21.0. The van der Waals surface area contributed by atoms with Crippen LogP contribution in [0.25, 0.3) is 0 Å². The molecule has 1 fully saturated rings. The summed E-state index contributed by atoms with van der Waals surface area (Å²) in [4.78, 5) is 6.84. The van der Waals surface area contributed by atoms with Crippen LogP contribution in [0.1, 0.15) is 52.5 Å². The molecule has 0 spiro atoms. The average Bonchev–Trinajstić information content (AvgIpc) is 2.67. The number of likely N-dealkylation sites (tertiary alicyclic amines) is 1. The van der Waals surface area contributed by atoms with Crippen LogP contribution in [0, 0.1) is 5.92 Å². The van der Waals surface area contributed by atoms with Crippen molar-refractivity contribution in [3.63, 3.8) is 0 Å². The first-order chi connectivity index (χ1) is 13.8. The number of aliphatic imine (C=N–C) groups is 1. The molecule has 0 bridgehead atoms. The summed E-state index contributed by atoms with van der Waals surface area (Å²) in [6, 6.07) is 6.28. The molecule has 0 amide bonds. The summed E-state index contributed by atoms with van der Waals surface area (Å²) in [6.07, 6.45) is 4.96. The van der Waals surface area contributed by atoms with Gasteiger partial charge in [-0.15, -0.1) is 0 Å². The monoisotopic (exact) mass is 400 g/mol. The van der Waals surface area contributed by atoms with Crippen LogP contribution in [-0.2, 0) is 6.54 Å².